The summed E-state index contributed by atoms with van der Waals surface area (Å²) in [4.78, 5) is 5.08. The molecule has 0 saturated heterocycles. The Labute approximate surface area is 504 Å². The van der Waals surface area contributed by atoms with Crippen LogP contribution in [0.2, 0.25) is 0 Å². The van der Waals surface area contributed by atoms with Crippen molar-refractivity contribution in [3.63, 3.8) is 0 Å². The molecule has 2 heteroatoms. The molecule has 2 aliphatic rings. The summed E-state index contributed by atoms with van der Waals surface area (Å²) in [7, 11) is 0. The third-order valence-corrected chi connectivity index (χ3v) is 19.1. The van der Waals surface area contributed by atoms with Crippen LogP contribution in [0.5, 0.6) is 0 Å². The molecule has 0 aromatic heterocycles. The van der Waals surface area contributed by atoms with Gasteiger partial charge in [0.05, 0.1) is 22.2 Å². The number of nitrogens with zero attached hydrogens (tertiary/aromatic N) is 2. The van der Waals surface area contributed by atoms with Crippen LogP contribution in [-0.4, -0.2) is 0 Å². The van der Waals surface area contributed by atoms with E-state index in [9.17, 15) is 0 Å². The molecule has 0 aliphatic heterocycles. The van der Waals surface area contributed by atoms with Gasteiger partial charge in [-0.1, -0.05) is 270 Å². The summed E-state index contributed by atoms with van der Waals surface area (Å²) < 4.78 is 0. The summed E-state index contributed by atoms with van der Waals surface area (Å²) in [5.41, 5.74) is 23.6. The van der Waals surface area contributed by atoms with Gasteiger partial charge in [-0.2, -0.15) is 0 Å². The van der Waals surface area contributed by atoms with Crippen molar-refractivity contribution in [2.45, 2.75) is 50.4 Å². The van der Waals surface area contributed by atoms with Crippen LogP contribution >= 0.6 is 0 Å². The van der Waals surface area contributed by atoms with Gasteiger partial charge in [-0.3, -0.25) is 0 Å². The zero-order valence-corrected chi connectivity index (χ0v) is 48.9. The van der Waals surface area contributed by atoms with Gasteiger partial charge in [0.1, 0.15) is 0 Å². The zero-order valence-electron chi connectivity index (χ0n) is 48.9. The van der Waals surface area contributed by atoms with Crippen LogP contribution < -0.4 is 9.80 Å². The van der Waals surface area contributed by atoms with Gasteiger partial charge in [-0.05, 0) is 172 Å². The van der Waals surface area contributed by atoms with Crippen LogP contribution in [0, 0.1) is 0 Å². The van der Waals surface area contributed by atoms with E-state index in [1.807, 2.05) is 0 Å². The molecule has 0 N–H and O–H groups in total. The lowest BCUT2D eigenvalue weighted by atomic mass is 9.67. The van der Waals surface area contributed by atoms with Crippen molar-refractivity contribution in [2.75, 3.05) is 9.80 Å². The lowest BCUT2D eigenvalue weighted by Gasteiger charge is -2.36. The molecule has 410 valence electrons. The quantitative estimate of drug-likeness (QED) is 0.113. The first-order chi connectivity index (χ1) is 42.3. The minimum Gasteiger partial charge on any atom is -0.310 e. The van der Waals surface area contributed by atoms with E-state index in [0.717, 1.165) is 34.1 Å². The SMILES string of the molecule is CC(C)c1cc(N(c2ccccc2)c2cccc(C3(c4ccccc4)c4ccccc4-c4ccccc43)c2)c2ccc3c(C(C)C)cc(N(c4ccccc4)c4cccc(C5(c6ccccc6)c6ccccc6-c6ccccc65)c4)c4ccc1c2c34. The molecule has 86 heavy (non-hydrogen) atoms. The summed E-state index contributed by atoms with van der Waals surface area (Å²) in [5.74, 6) is 0.455. The third kappa shape index (κ3) is 7.52. The maximum Gasteiger partial charge on any atom is 0.0714 e. The molecular formula is C84H64N2. The average molecular weight is 1100 g/mol. The Morgan fingerprint density at radius 3 is 0.860 bits per heavy atom. The predicted molar refractivity (Wildman–Crippen MR) is 362 cm³/mol. The number of para-hydroxylation sites is 2. The third-order valence-electron chi connectivity index (χ3n) is 19.1. The van der Waals surface area contributed by atoms with Crippen molar-refractivity contribution in [1.82, 2.24) is 0 Å². The standard InChI is InChI=1S/C84H64N2/c1-55(2)73-53-79(85(61-33-13-7-14-34-61)63-37-25-31-59(51-63)83(57-27-9-5-10-28-57)75-43-21-17-39-65(75)66-40-18-22-44-76(66)83)71-50-48-70-74(56(3)4)54-80(72-49-47-69(73)81(71)82(70)72)86(62-35-15-8-16-36-62)64-38-26-32-60(52-64)84(58-29-11-6-12-30-58)77-45-23-19-41-67(77)68-42-20-24-46-78(68)84/h5-56H,1-4H3. The highest BCUT2D eigenvalue weighted by molar-refractivity contribution is 6.29. The molecule has 0 spiro atoms. The van der Waals surface area contributed by atoms with E-state index in [-0.39, 0.29) is 11.8 Å². The molecule has 0 atom stereocenters. The molecule has 14 aromatic carbocycles. The smallest absolute Gasteiger partial charge is 0.0714 e. The maximum absolute atomic E-state index is 2.54. The number of benzene rings is 14. The molecule has 0 bridgehead atoms. The number of fused-ring (bicyclic) bond motifs is 6. The second-order valence-corrected chi connectivity index (χ2v) is 24.2. The molecular weight excluding hydrogens is 1040 g/mol. The summed E-state index contributed by atoms with van der Waals surface area (Å²) >= 11 is 0. The highest BCUT2D eigenvalue weighted by Crippen LogP contribution is 2.59. The second-order valence-electron chi connectivity index (χ2n) is 24.2. The zero-order chi connectivity index (χ0) is 57.7. The normalized spacial score (nSPS) is 13.5. The molecule has 2 aliphatic carbocycles. The topological polar surface area (TPSA) is 6.48 Å². The minimum absolute atomic E-state index is 0.227. The first kappa shape index (κ1) is 51.4. The van der Waals surface area contributed by atoms with E-state index in [1.165, 1.54) is 110 Å². The number of rotatable bonds is 12. The van der Waals surface area contributed by atoms with E-state index in [4.69, 9.17) is 0 Å². The molecule has 0 amide bonds. The summed E-state index contributed by atoms with van der Waals surface area (Å²) in [6, 6.07) is 114. The van der Waals surface area contributed by atoms with Crippen molar-refractivity contribution in [2.24, 2.45) is 0 Å². The van der Waals surface area contributed by atoms with E-state index in [1.54, 1.807) is 0 Å². The Kier molecular flexibility index (Phi) is 12.1. The second kappa shape index (κ2) is 20.2. The molecule has 0 fully saturated rings. The van der Waals surface area contributed by atoms with Crippen molar-refractivity contribution < 1.29 is 0 Å². The van der Waals surface area contributed by atoms with Crippen molar-refractivity contribution >= 4 is 66.4 Å². The van der Waals surface area contributed by atoms with Gasteiger partial charge in [-0.15, -0.1) is 0 Å². The molecule has 0 saturated carbocycles. The van der Waals surface area contributed by atoms with Crippen LogP contribution in [0.25, 0.3) is 54.6 Å². The van der Waals surface area contributed by atoms with Gasteiger partial charge in [0.25, 0.3) is 0 Å². The Morgan fingerprint density at radius 1 is 0.244 bits per heavy atom. The Morgan fingerprint density at radius 2 is 0.523 bits per heavy atom. The fourth-order valence-corrected chi connectivity index (χ4v) is 15.5. The number of hydrogen-bond donors (Lipinski definition) is 0. The van der Waals surface area contributed by atoms with Crippen molar-refractivity contribution in [1.29, 1.82) is 0 Å². The summed E-state index contributed by atoms with van der Waals surface area (Å²) in [6.45, 7) is 9.45. The van der Waals surface area contributed by atoms with Crippen LogP contribution in [0.3, 0.4) is 0 Å². The molecule has 2 nitrogen and oxygen atoms in total. The first-order valence-electron chi connectivity index (χ1n) is 30.5. The van der Waals surface area contributed by atoms with Gasteiger partial charge in [-0.25, -0.2) is 0 Å². The van der Waals surface area contributed by atoms with Gasteiger partial charge < -0.3 is 9.80 Å². The molecule has 16 rings (SSSR count). The van der Waals surface area contributed by atoms with E-state index >= 15 is 0 Å². The number of hydrogen-bond acceptors (Lipinski definition) is 2. The van der Waals surface area contributed by atoms with E-state index in [2.05, 4.69) is 341 Å². The van der Waals surface area contributed by atoms with E-state index in [0.29, 0.717) is 0 Å². The average Bonchev–Trinajstić information content (AvgIpc) is 1.46. The summed E-state index contributed by atoms with van der Waals surface area (Å²) in [6.07, 6.45) is 0. The Bertz CT molecular complexity index is 4480. The van der Waals surface area contributed by atoms with Gasteiger partial charge >= 0.3 is 0 Å². The highest BCUT2D eigenvalue weighted by atomic mass is 15.2. The highest BCUT2D eigenvalue weighted by Gasteiger charge is 2.48. The summed E-state index contributed by atoms with van der Waals surface area (Å²) in [5, 5.41) is 7.62. The maximum atomic E-state index is 2.54. The van der Waals surface area contributed by atoms with Gasteiger partial charge in [0.15, 0.2) is 0 Å². The Hall–Kier alpha value is -10.3. The monoisotopic (exact) mass is 1100 g/mol. The lowest BCUT2D eigenvalue weighted by molar-refractivity contribution is 0.768. The Balaban J connectivity index is 0.951. The lowest BCUT2D eigenvalue weighted by Crippen LogP contribution is -2.28. The fourth-order valence-electron chi connectivity index (χ4n) is 15.5. The van der Waals surface area contributed by atoms with Gasteiger partial charge in [0.2, 0.25) is 0 Å². The van der Waals surface area contributed by atoms with Crippen LogP contribution in [0.4, 0.5) is 34.1 Å². The fraction of sp³-hybridized carbons (Fsp3) is 0.0952. The van der Waals surface area contributed by atoms with Crippen molar-refractivity contribution in [3.8, 4) is 22.3 Å². The predicted octanol–water partition coefficient (Wildman–Crippen LogP) is 22.5. The molecule has 0 unspecified atom stereocenters. The van der Waals surface area contributed by atoms with Crippen LogP contribution in [-0.2, 0) is 10.8 Å². The molecule has 14 aromatic rings. The minimum atomic E-state index is -0.555. The first-order valence-corrected chi connectivity index (χ1v) is 30.5. The van der Waals surface area contributed by atoms with Crippen LogP contribution in [0.1, 0.15) is 95.2 Å². The van der Waals surface area contributed by atoms with Crippen LogP contribution in [0.15, 0.2) is 303 Å². The largest absolute Gasteiger partial charge is 0.310 e. The molecule has 0 radical (unpaired) electrons. The molecule has 0 heterocycles. The van der Waals surface area contributed by atoms with E-state index < -0.39 is 10.8 Å². The van der Waals surface area contributed by atoms with Gasteiger partial charge in [0, 0.05) is 33.5 Å². The van der Waals surface area contributed by atoms with Crippen molar-refractivity contribution in [3.05, 3.63) is 359 Å². The number of anilines is 6.